The van der Waals surface area contributed by atoms with Gasteiger partial charge in [-0.3, -0.25) is 4.79 Å². The van der Waals surface area contributed by atoms with Gasteiger partial charge in [0.25, 0.3) is 0 Å². The van der Waals surface area contributed by atoms with E-state index in [1.165, 1.54) is 24.8 Å². The molecule has 3 heteroatoms. The van der Waals surface area contributed by atoms with Crippen LogP contribution in [0.1, 0.15) is 63.9 Å². The molecule has 3 nitrogen and oxygen atoms in total. The van der Waals surface area contributed by atoms with Gasteiger partial charge in [0, 0.05) is 19.1 Å². The Hall–Kier alpha value is -1.35. The van der Waals surface area contributed by atoms with Crippen LogP contribution in [0.3, 0.4) is 0 Å². The van der Waals surface area contributed by atoms with Gasteiger partial charge in [-0.2, -0.15) is 0 Å². The highest BCUT2D eigenvalue weighted by Gasteiger charge is 2.65. The Morgan fingerprint density at radius 3 is 2.46 bits per heavy atom. The van der Waals surface area contributed by atoms with Crippen LogP contribution in [0.2, 0.25) is 0 Å². The lowest BCUT2D eigenvalue weighted by Gasteiger charge is -2.66. The SMILES string of the molecule is CC12CC3CC(C(=O)N4CCC(N)CC4)(C1)CC(c1ccccc1)(C3)C2. The molecular formula is C23H32N2O. The van der Waals surface area contributed by atoms with Crippen molar-refractivity contribution in [3.05, 3.63) is 35.9 Å². The molecule has 4 atom stereocenters. The number of amides is 1. The van der Waals surface area contributed by atoms with Gasteiger partial charge in [-0.15, -0.1) is 0 Å². The summed E-state index contributed by atoms with van der Waals surface area (Å²) < 4.78 is 0. The van der Waals surface area contributed by atoms with Crippen molar-refractivity contribution in [3.63, 3.8) is 0 Å². The zero-order valence-corrected chi connectivity index (χ0v) is 16.0. The van der Waals surface area contributed by atoms with Gasteiger partial charge in [0.1, 0.15) is 0 Å². The number of carbonyl (C=O) groups is 1. The molecule has 0 spiro atoms. The fourth-order valence-electron chi connectivity index (χ4n) is 7.71. The van der Waals surface area contributed by atoms with Crippen LogP contribution in [0.4, 0.5) is 0 Å². The van der Waals surface area contributed by atoms with Crippen LogP contribution in [-0.4, -0.2) is 29.9 Å². The topological polar surface area (TPSA) is 46.3 Å². The Kier molecular flexibility index (Phi) is 3.60. The normalized spacial score (nSPS) is 42.2. The van der Waals surface area contributed by atoms with Gasteiger partial charge in [0.15, 0.2) is 0 Å². The van der Waals surface area contributed by atoms with E-state index in [0.29, 0.717) is 17.2 Å². The minimum atomic E-state index is -0.120. The quantitative estimate of drug-likeness (QED) is 0.878. The van der Waals surface area contributed by atoms with Crippen molar-refractivity contribution in [2.75, 3.05) is 13.1 Å². The van der Waals surface area contributed by atoms with Crippen molar-refractivity contribution in [3.8, 4) is 0 Å². The molecule has 4 aliphatic carbocycles. The van der Waals surface area contributed by atoms with Gasteiger partial charge in [0.2, 0.25) is 5.91 Å². The third-order valence-corrected chi connectivity index (χ3v) is 8.01. The minimum absolute atomic E-state index is 0.120. The summed E-state index contributed by atoms with van der Waals surface area (Å²) in [6.07, 6.45) is 9.09. The van der Waals surface area contributed by atoms with E-state index in [1.54, 1.807) is 0 Å². The predicted molar refractivity (Wildman–Crippen MR) is 104 cm³/mol. The summed E-state index contributed by atoms with van der Waals surface area (Å²) >= 11 is 0. The maximum Gasteiger partial charge on any atom is 0.228 e. The van der Waals surface area contributed by atoms with E-state index in [9.17, 15) is 4.79 Å². The van der Waals surface area contributed by atoms with Crippen molar-refractivity contribution in [2.24, 2.45) is 22.5 Å². The molecule has 1 heterocycles. The van der Waals surface area contributed by atoms with E-state index >= 15 is 0 Å². The van der Waals surface area contributed by atoms with Gasteiger partial charge in [-0.05, 0) is 73.7 Å². The molecule has 1 aromatic rings. The lowest BCUT2D eigenvalue weighted by Crippen LogP contribution is -2.63. The molecular weight excluding hydrogens is 320 g/mol. The molecule has 1 aromatic carbocycles. The van der Waals surface area contributed by atoms with Crippen molar-refractivity contribution < 1.29 is 4.79 Å². The van der Waals surface area contributed by atoms with Gasteiger partial charge >= 0.3 is 0 Å². The summed E-state index contributed by atoms with van der Waals surface area (Å²) in [5.41, 5.74) is 7.99. The van der Waals surface area contributed by atoms with Gasteiger partial charge < -0.3 is 10.6 Å². The highest BCUT2D eigenvalue weighted by atomic mass is 16.2. The second-order valence-electron chi connectivity index (χ2n) is 10.4. The second kappa shape index (κ2) is 5.58. The first kappa shape index (κ1) is 16.8. The van der Waals surface area contributed by atoms with Crippen LogP contribution < -0.4 is 5.73 Å². The molecule has 6 rings (SSSR count). The van der Waals surface area contributed by atoms with E-state index < -0.39 is 0 Å². The van der Waals surface area contributed by atoms with Crippen LogP contribution in [-0.2, 0) is 10.2 Å². The first-order valence-electron chi connectivity index (χ1n) is 10.5. The maximum atomic E-state index is 13.8. The largest absolute Gasteiger partial charge is 0.342 e. The molecule has 1 saturated heterocycles. The van der Waals surface area contributed by atoms with Crippen molar-refractivity contribution in [2.45, 2.75) is 69.7 Å². The van der Waals surface area contributed by atoms with Crippen molar-refractivity contribution in [1.29, 1.82) is 0 Å². The fourth-order valence-corrected chi connectivity index (χ4v) is 7.71. The molecule has 4 unspecified atom stereocenters. The molecule has 1 aliphatic heterocycles. The minimum Gasteiger partial charge on any atom is -0.342 e. The lowest BCUT2D eigenvalue weighted by atomic mass is 9.38. The molecule has 0 aromatic heterocycles. The number of rotatable bonds is 2. The van der Waals surface area contributed by atoms with Crippen molar-refractivity contribution in [1.82, 2.24) is 4.90 Å². The van der Waals surface area contributed by atoms with E-state index in [4.69, 9.17) is 5.73 Å². The molecule has 0 radical (unpaired) electrons. The third-order valence-electron chi connectivity index (χ3n) is 8.01. The van der Waals surface area contributed by atoms with E-state index in [0.717, 1.165) is 45.2 Å². The van der Waals surface area contributed by atoms with Crippen molar-refractivity contribution >= 4 is 5.91 Å². The smallest absolute Gasteiger partial charge is 0.228 e. The van der Waals surface area contributed by atoms with Gasteiger partial charge in [0.05, 0.1) is 5.41 Å². The van der Waals surface area contributed by atoms with Crippen LogP contribution in [0.5, 0.6) is 0 Å². The highest BCUT2D eigenvalue weighted by molar-refractivity contribution is 5.84. The standard InChI is InChI=1S/C23H32N2O/c1-21-11-17-12-22(14-21,18-5-3-2-4-6-18)16-23(13-17,15-21)20(26)25-9-7-19(24)8-10-25/h2-6,17,19H,7-16,24H2,1H3. The second-order valence-corrected chi connectivity index (χ2v) is 10.4. The Morgan fingerprint density at radius 2 is 1.77 bits per heavy atom. The Balaban J connectivity index is 1.51. The summed E-state index contributed by atoms with van der Waals surface area (Å²) in [4.78, 5) is 15.9. The lowest BCUT2D eigenvalue weighted by molar-refractivity contribution is -0.171. The molecule has 5 fully saturated rings. The Bertz CT molecular complexity index is 710. The molecule has 5 aliphatic rings. The number of hydrogen-bond donors (Lipinski definition) is 1. The van der Waals surface area contributed by atoms with Crippen LogP contribution in [0, 0.1) is 16.7 Å². The molecule has 4 bridgehead atoms. The number of carbonyl (C=O) groups excluding carboxylic acids is 1. The predicted octanol–water partition coefficient (Wildman–Crippen LogP) is 3.86. The van der Waals surface area contributed by atoms with Crippen LogP contribution in [0.15, 0.2) is 30.3 Å². The zero-order chi connectivity index (χ0) is 18.0. The molecule has 140 valence electrons. The van der Waals surface area contributed by atoms with E-state index in [2.05, 4.69) is 42.2 Å². The molecule has 1 amide bonds. The fraction of sp³-hybridized carbons (Fsp3) is 0.696. The molecule has 4 saturated carbocycles. The first-order chi connectivity index (χ1) is 12.4. The zero-order valence-electron chi connectivity index (χ0n) is 16.0. The summed E-state index contributed by atoms with van der Waals surface area (Å²) in [6.45, 7) is 4.19. The monoisotopic (exact) mass is 352 g/mol. The average molecular weight is 353 g/mol. The van der Waals surface area contributed by atoms with E-state index in [1.807, 2.05) is 0 Å². The number of piperidine rings is 1. The number of likely N-dealkylation sites (tertiary alicyclic amines) is 1. The summed E-state index contributed by atoms with van der Waals surface area (Å²) in [6, 6.07) is 11.4. The first-order valence-corrected chi connectivity index (χ1v) is 10.5. The molecule has 26 heavy (non-hydrogen) atoms. The Labute approximate surface area is 157 Å². The number of hydrogen-bond acceptors (Lipinski definition) is 2. The number of nitrogens with two attached hydrogens (primary N) is 1. The summed E-state index contributed by atoms with van der Waals surface area (Å²) in [7, 11) is 0. The molecule has 2 N–H and O–H groups in total. The van der Waals surface area contributed by atoms with Crippen LogP contribution >= 0.6 is 0 Å². The maximum absolute atomic E-state index is 13.8. The number of benzene rings is 1. The highest BCUT2D eigenvalue weighted by Crippen LogP contribution is 2.70. The van der Waals surface area contributed by atoms with E-state index in [-0.39, 0.29) is 16.9 Å². The van der Waals surface area contributed by atoms with Gasteiger partial charge in [-0.1, -0.05) is 37.3 Å². The van der Waals surface area contributed by atoms with Crippen LogP contribution in [0.25, 0.3) is 0 Å². The van der Waals surface area contributed by atoms with Gasteiger partial charge in [-0.25, -0.2) is 0 Å². The third kappa shape index (κ3) is 2.46. The summed E-state index contributed by atoms with van der Waals surface area (Å²) in [5.74, 6) is 1.17. The average Bonchev–Trinajstić information content (AvgIpc) is 2.60. The Morgan fingerprint density at radius 1 is 1.04 bits per heavy atom. The summed E-state index contributed by atoms with van der Waals surface area (Å²) in [5, 5.41) is 0. The number of nitrogens with zero attached hydrogens (tertiary/aromatic N) is 1.